The van der Waals surface area contributed by atoms with Crippen LogP contribution in [0.4, 0.5) is 0 Å². The molecular formula is C21H36O4. The van der Waals surface area contributed by atoms with E-state index in [0.29, 0.717) is 12.8 Å². The van der Waals surface area contributed by atoms with Gasteiger partial charge in [0, 0.05) is 0 Å². The van der Waals surface area contributed by atoms with E-state index in [0.717, 1.165) is 12.8 Å². The number of aliphatic hydroxyl groups is 1. The van der Waals surface area contributed by atoms with Crippen molar-refractivity contribution in [1.29, 1.82) is 0 Å². The Bertz CT molecular complexity index is 416. The van der Waals surface area contributed by atoms with Crippen LogP contribution in [0, 0.1) is 5.92 Å². The van der Waals surface area contributed by atoms with Crippen LogP contribution in [0.3, 0.4) is 0 Å². The number of allylic oxidation sites excluding steroid dienone is 1. The first-order valence-electron chi connectivity index (χ1n) is 9.94. The predicted molar refractivity (Wildman–Crippen MR) is 102 cm³/mol. The van der Waals surface area contributed by atoms with Crippen LogP contribution in [-0.2, 0) is 9.53 Å². The molecule has 1 aliphatic rings. The molecule has 0 aliphatic carbocycles. The molecule has 25 heavy (non-hydrogen) atoms. The Morgan fingerprint density at radius 3 is 2.60 bits per heavy atom. The first-order chi connectivity index (χ1) is 12.0. The summed E-state index contributed by atoms with van der Waals surface area (Å²) in [5, 5.41) is 18.8. The van der Waals surface area contributed by atoms with Crippen LogP contribution in [0.15, 0.2) is 24.3 Å². The molecule has 0 radical (unpaired) electrons. The van der Waals surface area contributed by atoms with Gasteiger partial charge in [0.15, 0.2) is 0 Å². The van der Waals surface area contributed by atoms with E-state index >= 15 is 0 Å². The Hall–Kier alpha value is -1.13. The quantitative estimate of drug-likeness (QED) is 0.251. The topological polar surface area (TPSA) is 70.1 Å². The van der Waals surface area contributed by atoms with Crippen molar-refractivity contribution in [2.24, 2.45) is 5.92 Å². The van der Waals surface area contributed by atoms with E-state index in [-0.39, 0.29) is 18.1 Å². The van der Waals surface area contributed by atoms with E-state index in [1.807, 2.05) is 6.08 Å². The van der Waals surface area contributed by atoms with Crippen LogP contribution < -0.4 is 0 Å². The SMILES string of the molecule is CCCCCCCC/C=C\CC(O)/C=C/C1OC1CCC(C)C(=O)O. The second kappa shape index (κ2) is 13.1. The van der Waals surface area contributed by atoms with E-state index in [2.05, 4.69) is 19.1 Å². The lowest BCUT2D eigenvalue weighted by Gasteiger charge is -2.02. The van der Waals surface area contributed by atoms with Crippen molar-refractivity contribution in [1.82, 2.24) is 0 Å². The third-order valence-corrected chi connectivity index (χ3v) is 4.72. The minimum atomic E-state index is -0.754. The molecule has 0 aromatic rings. The summed E-state index contributed by atoms with van der Waals surface area (Å²) in [5.41, 5.74) is 0. The Morgan fingerprint density at radius 1 is 1.16 bits per heavy atom. The van der Waals surface area contributed by atoms with Gasteiger partial charge in [0.25, 0.3) is 0 Å². The molecule has 0 spiro atoms. The summed E-state index contributed by atoms with van der Waals surface area (Å²) in [6.07, 6.45) is 18.6. The van der Waals surface area contributed by atoms with Crippen molar-refractivity contribution < 1.29 is 19.7 Å². The molecule has 144 valence electrons. The lowest BCUT2D eigenvalue weighted by molar-refractivity contribution is -0.141. The van der Waals surface area contributed by atoms with Crippen molar-refractivity contribution in [2.75, 3.05) is 0 Å². The van der Waals surface area contributed by atoms with E-state index < -0.39 is 12.1 Å². The van der Waals surface area contributed by atoms with E-state index in [9.17, 15) is 9.90 Å². The molecule has 4 unspecified atom stereocenters. The fraction of sp³-hybridized carbons (Fsp3) is 0.762. The fourth-order valence-corrected chi connectivity index (χ4v) is 2.81. The number of hydrogen-bond acceptors (Lipinski definition) is 3. The number of ether oxygens (including phenoxy) is 1. The molecular weight excluding hydrogens is 316 g/mol. The maximum atomic E-state index is 10.8. The van der Waals surface area contributed by atoms with E-state index in [1.165, 1.54) is 38.5 Å². The summed E-state index contributed by atoms with van der Waals surface area (Å²) in [5.74, 6) is -1.08. The summed E-state index contributed by atoms with van der Waals surface area (Å²) in [6.45, 7) is 3.95. The van der Waals surface area contributed by atoms with Gasteiger partial charge in [-0.1, -0.05) is 70.3 Å². The predicted octanol–water partition coefficient (Wildman–Crippen LogP) is 4.87. The molecule has 1 aliphatic heterocycles. The highest BCUT2D eigenvalue weighted by molar-refractivity contribution is 5.69. The van der Waals surface area contributed by atoms with Gasteiger partial charge in [0.2, 0.25) is 0 Å². The standard InChI is InChI=1S/C21H36O4/c1-3-4-5-6-7-8-9-10-11-12-18(22)14-16-20-19(25-20)15-13-17(2)21(23)24/h10-11,14,16-20,22H,3-9,12-13,15H2,1-2H3,(H,23,24)/b11-10-,16-14+. The van der Waals surface area contributed by atoms with E-state index in [4.69, 9.17) is 9.84 Å². The maximum absolute atomic E-state index is 10.8. The zero-order chi connectivity index (χ0) is 18.5. The van der Waals surface area contributed by atoms with Gasteiger partial charge in [-0.2, -0.15) is 0 Å². The van der Waals surface area contributed by atoms with Crippen LogP contribution in [0.5, 0.6) is 0 Å². The van der Waals surface area contributed by atoms with Gasteiger partial charge in [-0.25, -0.2) is 0 Å². The molecule has 0 amide bonds. The van der Waals surface area contributed by atoms with Crippen LogP contribution in [0.25, 0.3) is 0 Å². The van der Waals surface area contributed by atoms with Gasteiger partial charge in [0.05, 0.1) is 18.1 Å². The van der Waals surface area contributed by atoms with Crippen LogP contribution >= 0.6 is 0 Å². The molecule has 4 nitrogen and oxygen atoms in total. The average Bonchev–Trinajstić information content (AvgIpc) is 3.34. The molecule has 1 fully saturated rings. The Kier molecular flexibility index (Phi) is 11.5. The largest absolute Gasteiger partial charge is 0.481 e. The van der Waals surface area contributed by atoms with Gasteiger partial charge in [-0.15, -0.1) is 0 Å². The maximum Gasteiger partial charge on any atom is 0.306 e. The van der Waals surface area contributed by atoms with Gasteiger partial charge in [0.1, 0.15) is 6.10 Å². The number of aliphatic carboxylic acids is 1. The zero-order valence-electron chi connectivity index (χ0n) is 15.9. The first-order valence-corrected chi connectivity index (χ1v) is 9.94. The molecule has 0 aromatic carbocycles. The Morgan fingerprint density at radius 2 is 1.88 bits per heavy atom. The summed E-state index contributed by atoms with van der Waals surface area (Å²) in [4.78, 5) is 10.8. The average molecular weight is 353 g/mol. The van der Waals surface area contributed by atoms with Crippen molar-refractivity contribution in [2.45, 2.75) is 96.4 Å². The summed E-state index contributed by atoms with van der Waals surface area (Å²) in [6, 6.07) is 0. The van der Waals surface area contributed by atoms with Gasteiger partial charge < -0.3 is 14.9 Å². The summed E-state index contributed by atoms with van der Waals surface area (Å²) >= 11 is 0. The lowest BCUT2D eigenvalue weighted by atomic mass is 10.0. The fourth-order valence-electron chi connectivity index (χ4n) is 2.81. The zero-order valence-corrected chi connectivity index (χ0v) is 15.9. The van der Waals surface area contributed by atoms with Crippen LogP contribution in [0.1, 0.15) is 78.1 Å². The molecule has 4 atom stereocenters. The highest BCUT2D eigenvalue weighted by atomic mass is 16.6. The second-order valence-corrected chi connectivity index (χ2v) is 7.17. The highest BCUT2D eigenvalue weighted by Crippen LogP contribution is 2.29. The van der Waals surface area contributed by atoms with Crippen LogP contribution in [0.2, 0.25) is 0 Å². The van der Waals surface area contributed by atoms with Crippen molar-refractivity contribution in [3.8, 4) is 0 Å². The number of epoxide rings is 1. The minimum Gasteiger partial charge on any atom is -0.481 e. The minimum absolute atomic E-state index is 0.0442. The molecule has 4 heteroatoms. The number of rotatable bonds is 15. The van der Waals surface area contributed by atoms with Gasteiger partial charge in [-0.05, 0) is 32.1 Å². The third-order valence-electron chi connectivity index (χ3n) is 4.72. The van der Waals surface area contributed by atoms with Crippen molar-refractivity contribution >= 4 is 5.97 Å². The molecule has 0 aromatic heterocycles. The Balaban J connectivity index is 2.01. The smallest absolute Gasteiger partial charge is 0.306 e. The monoisotopic (exact) mass is 352 g/mol. The number of unbranched alkanes of at least 4 members (excludes halogenated alkanes) is 6. The molecule has 2 N–H and O–H groups in total. The number of carbonyl (C=O) groups is 1. The Labute approximate surface area is 153 Å². The number of aliphatic hydroxyl groups excluding tert-OH is 1. The van der Waals surface area contributed by atoms with Gasteiger partial charge >= 0.3 is 5.97 Å². The second-order valence-electron chi connectivity index (χ2n) is 7.17. The molecule has 1 saturated heterocycles. The van der Waals surface area contributed by atoms with Crippen molar-refractivity contribution in [3.63, 3.8) is 0 Å². The van der Waals surface area contributed by atoms with Crippen LogP contribution in [-0.4, -0.2) is 34.5 Å². The van der Waals surface area contributed by atoms with Gasteiger partial charge in [-0.3, -0.25) is 4.79 Å². The third kappa shape index (κ3) is 11.2. The van der Waals surface area contributed by atoms with Crippen molar-refractivity contribution in [3.05, 3.63) is 24.3 Å². The number of carboxylic acids is 1. The van der Waals surface area contributed by atoms with E-state index in [1.54, 1.807) is 13.0 Å². The normalized spacial score (nSPS) is 22.5. The summed E-state index contributed by atoms with van der Waals surface area (Å²) < 4.78 is 5.49. The molecule has 1 heterocycles. The molecule has 0 bridgehead atoms. The molecule has 0 saturated carbocycles. The number of hydrogen-bond donors (Lipinski definition) is 2. The number of carboxylic acid groups (broad SMARTS) is 1. The summed E-state index contributed by atoms with van der Waals surface area (Å²) in [7, 11) is 0. The highest BCUT2D eigenvalue weighted by Gasteiger charge is 2.36. The first kappa shape index (κ1) is 21.9. The molecule has 1 rings (SSSR count). The lowest BCUT2D eigenvalue weighted by Crippen LogP contribution is -2.10.